The summed E-state index contributed by atoms with van der Waals surface area (Å²) in [6.07, 6.45) is 2.04. The summed E-state index contributed by atoms with van der Waals surface area (Å²) in [5, 5.41) is 11.0. The van der Waals surface area contributed by atoms with Crippen LogP contribution in [0.2, 0.25) is 0 Å². The minimum Gasteiger partial charge on any atom is -0.347 e. The zero-order valence-electron chi connectivity index (χ0n) is 10.4. The molecule has 1 amide bonds. The lowest BCUT2D eigenvalue weighted by molar-refractivity contribution is -0.132. The number of benzene rings is 1. The predicted molar refractivity (Wildman–Crippen MR) is 65.7 cm³/mol. The van der Waals surface area contributed by atoms with Crippen LogP contribution in [0.15, 0.2) is 36.7 Å². The van der Waals surface area contributed by atoms with Gasteiger partial charge in [0.1, 0.15) is 12.4 Å². The fourth-order valence-electron chi connectivity index (χ4n) is 1.74. The highest BCUT2D eigenvalue weighted by Crippen LogP contribution is 2.14. The van der Waals surface area contributed by atoms with E-state index in [-0.39, 0.29) is 5.91 Å². The van der Waals surface area contributed by atoms with E-state index in [1.54, 1.807) is 19.0 Å². The first-order valence-corrected chi connectivity index (χ1v) is 5.66. The van der Waals surface area contributed by atoms with Crippen LogP contribution >= 0.6 is 0 Å². The second kappa shape index (κ2) is 5.39. The van der Waals surface area contributed by atoms with Gasteiger partial charge in [-0.05, 0) is 16.0 Å². The van der Waals surface area contributed by atoms with Gasteiger partial charge < -0.3 is 4.90 Å². The molecule has 0 aliphatic carbocycles. The molecule has 1 heterocycles. The molecule has 2 aromatic rings. The van der Waals surface area contributed by atoms with Crippen LogP contribution in [-0.4, -0.2) is 45.1 Å². The lowest BCUT2D eigenvalue weighted by atomic mass is 10.1. The molecule has 6 nitrogen and oxygen atoms in total. The van der Waals surface area contributed by atoms with E-state index in [1.165, 1.54) is 11.0 Å². The summed E-state index contributed by atoms with van der Waals surface area (Å²) in [5.41, 5.74) is 1.08. The van der Waals surface area contributed by atoms with Gasteiger partial charge in [-0.1, -0.05) is 30.3 Å². The van der Waals surface area contributed by atoms with Crippen LogP contribution in [0.3, 0.4) is 0 Å². The lowest BCUT2D eigenvalue weighted by Gasteiger charge is -2.19. The highest BCUT2D eigenvalue weighted by atomic mass is 16.2. The number of aromatic nitrogens is 4. The molecule has 94 valence electrons. The molecule has 0 radical (unpaired) electrons. The maximum Gasteiger partial charge on any atom is 0.247 e. The third kappa shape index (κ3) is 2.71. The van der Waals surface area contributed by atoms with Crippen molar-refractivity contribution in [3.63, 3.8) is 0 Å². The Bertz CT molecular complexity index is 494. The van der Waals surface area contributed by atoms with Crippen LogP contribution in [-0.2, 0) is 11.2 Å². The van der Waals surface area contributed by atoms with Gasteiger partial charge in [-0.2, -0.15) is 0 Å². The van der Waals surface area contributed by atoms with Crippen molar-refractivity contribution in [3.8, 4) is 0 Å². The third-order valence-corrected chi connectivity index (χ3v) is 2.68. The average molecular weight is 245 g/mol. The molecule has 1 aromatic heterocycles. The Labute approximate surface area is 105 Å². The van der Waals surface area contributed by atoms with Crippen molar-refractivity contribution in [1.29, 1.82) is 0 Å². The number of carbonyl (C=O) groups excluding carboxylic acids is 1. The highest BCUT2D eigenvalue weighted by molar-refractivity contribution is 5.80. The third-order valence-electron chi connectivity index (χ3n) is 2.68. The zero-order chi connectivity index (χ0) is 13.0. The number of tetrazole rings is 1. The fourth-order valence-corrected chi connectivity index (χ4v) is 1.74. The van der Waals surface area contributed by atoms with Crippen molar-refractivity contribution in [2.75, 3.05) is 14.1 Å². The van der Waals surface area contributed by atoms with E-state index in [2.05, 4.69) is 15.5 Å². The molecule has 0 aliphatic rings. The Hall–Kier alpha value is -2.24. The van der Waals surface area contributed by atoms with Gasteiger partial charge in [-0.3, -0.25) is 4.79 Å². The predicted octanol–water partition coefficient (Wildman–Crippen LogP) is 0.545. The van der Waals surface area contributed by atoms with Crippen LogP contribution in [0.1, 0.15) is 11.6 Å². The molecule has 0 fully saturated rings. The van der Waals surface area contributed by atoms with E-state index in [9.17, 15) is 4.79 Å². The normalized spacial score (nSPS) is 12.1. The van der Waals surface area contributed by atoms with Crippen molar-refractivity contribution < 1.29 is 4.79 Å². The molecule has 18 heavy (non-hydrogen) atoms. The van der Waals surface area contributed by atoms with Crippen LogP contribution in [0.4, 0.5) is 0 Å². The Balaban J connectivity index is 2.23. The second-order valence-electron chi connectivity index (χ2n) is 4.23. The van der Waals surface area contributed by atoms with Gasteiger partial charge in [0.05, 0.1) is 0 Å². The molecular formula is C12H15N5O. The van der Waals surface area contributed by atoms with Crippen LogP contribution in [0, 0.1) is 0 Å². The molecule has 1 unspecified atom stereocenters. The van der Waals surface area contributed by atoms with Gasteiger partial charge in [-0.25, -0.2) is 4.68 Å². The van der Waals surface area contributed by atoms with Crippen molar-refractivity contribution >= 4 is 5.91 Å². The van der Waals surface area contributed by atoms with E-state index >= 15 is 0 Å². The summed E-state index contributed by atoms with van der Waals surface area (Å²) in [7, 11) is 3.45. The van der Waals surface area contributed by atoms with Crippen LogP contribution in [0.25, 0.3) is 0 Å². The molecule has 0 aliphatic heterocycles. The SMILES string of the molecule is CN(C)C(=O)C(Cc1ccccc1)n1cnnn1. The quantitative estimate of drug-likeness (QED) is 0.789. The second-order valence-corrected chi connectivity index (χ2v) is 4.23. The molecule has 1 aromatic carbocycles. The molecule has 0 saturated heterocycles. The first-order valence-electron chi connectivity index (χ1n) is 5.66. The number of rotatable bonds is 4. The highest BCUT2D eigenvalue weighted by Gasteiger charge is 2.23. The molecule has 6 heteroatoms. The van der Waals surface area contributed by atoms with Crippen molar-refractivity contribution in [2.24, 2.45) is 0 Å². The van der Waals surface area contributed by atoms with Crippen molar-refractivity contribution in [1.82, 2.24) is 25.1 Å². The zero-order valence-corrected chi connectivity index (χ0v) is 10.4. The number of nitrogens with zero attached hydrogens (tertiary/aromatic N) is 5. The molecule has 1 atom stereocenters. The van der Waals surface area contributed by atoms with Crippen molar-refractivity contribution in [3.05, 3.63) is 42.2 Å². The monoisotopic (exact) mass is 245 g/mol. The molecule has 0 bridgehead atoms. The Morgan fingerprint density at radius 1 is 1.33 bits per heavy atom. The molecule has 0 spiro atoms. The smallest absolute Gasteiger partial charge is 0.247 e. The lowest BCUT2D eigenvalue weighted by Crippen LogP contribution is -2.33. The number of hydrogen-bond acceptors (Lipinski definition) is 4. The Morgan fingerprint density at radius 3 is 2.61 bits per heavy atom. The minimum atomic E-state index is -0.405. The van der Waals surface area contributed by atoms with Gasteiger partial charge in [0.25, 0.3) is 0 Å². The molecular weight excluding hydrogens is 230 g/mol. The van der Waals surface area contributed by atoms with Crippen LogP contribution < -0.4 is 0 Å². The summed E-state index contributed by atoms with van der Waals surface area (Å²) >= 11 is 0. The van der Waals surface area contributed by atoms with Gasteiger partial charge >= 0.3 is 0 Å². The van der Waals surface area contributed by atoms with Crippen molar-refractivity contribution in [2.45, 2.75) is 12.5 Å². The Kier molecular flexibility index (Phi) is 3.66. The van der Waals surface area contributed by atoms with E-state index in [1.807, 2.05) is 30.3 Å². The molecule has 2 rings (SSSR count). The topological polar surface area (TPSA) is 63.9 Å². The van der Waals surface area contributed by atoms with E-state index in [4.69, 9.17) is 0 Å². The van der Waals surface area contributed by atoms with E-state index in [0.717, 1.165) is 5.56 Å². The minimum absolute atomic E-state index is 0.0221. The van der Waals surface area contributed by atoms with E-state index < -0.39 is 6.04 Å². The largest absolute Gasteiger partial charge is 0.347 e. The first kappa shape index (κ1) is 12.2. The van der Waals surface area contributed by atoms with Gasteiger partial charge in [0.2, 0.25) is 5.91 Å². The fraction of sp³-hybridized carbons (Fsp3) is 0.333. The van der Waals surface area contributed by atoms with Gasteiger partial charge in [-0.15, -0.1) is 5.10 Å². The average Bonchev–Trinajstić information content (AvgIpc) is 2.90. The van der Waals surface area contributed by atoms with E-state index in [0.29, 0.717) is 6.42 Å². The summed E-state index contributed by atoms with van der Waals surface area (Å²) < 4.78 is 1.50. The van der Waals surface area contributed by atoms with Crippen LogP contribution in [0.5, 0.6) is 0 Å². The number of carbonyl (C=O) groups is 1. The summed E-state index contributed by atoms with van der Waals surface area (Å²) in [6, 6.07) is 9.42. The maximum atomic E-state index is 12.2. The summed E-state index contributed by atoms with van der Waals surface area (Å²) in [6.45, 7) is 0. The molecule has 0 saturated carbocycles. The number of likely N-dealkylation sites (N-methyl/N-ethyl adjacent to an activating group) is 1. The summed E-state index contributed by atoms with van der Waals surface area (Å²) in [5.74, 6) is -0.0221. The summed E-state index contributed by atoms with van der Waals surface area (Å²) in [4.78, 5) is 13.7. The standard InChI is InChI=1S/C12H15N5O/c1-16(2)12(18)11(17-9-13-14-15-17)8-10-6-4-3-5-7-10/h3-7,9,11H,8H2,1-2H3. The Morgan fingerprint density at radius 2 is 2.06 bits per heavy atom. The van der Waals surface area contributed by atoms with Gasteiger partial charge in [0, 0.05) is 20.5 Å². The number of hydrogen-bond donors (Lipinski definition) is 0. The molecule has 0 N–H and O–H groups in total. The first-order chi connectivity index (χ1) is 8.68. The number of amides is 1. The van der Waals surface area contributed by atoms with Gasteiger partial charge in [0.15, 0.2) is 0 Å². The maximum absolute atomic E-state index is 12.2.